The topological polar surface area (TPSA) is 66.8 Å². The van der Waals surface area contributed by atoms with E-state index >= 15 is 0 Å². The molecule has 0 aromatic heterocycles. The molecular formula is C17H23NO4. The van der Waals surface area contributed by atoms with Gasteiger partial charge in [0.15, 0.2) is 0 Å². The molecular weight excluding hydrogens is 282 g/mol. The van der Waals surface area contributed by atoms with Crippen LogP contribution in [0.25, 0.3) is 0 Å². The Hall–Kier alpha value is -1.88. The van der Waals surface area contributed by atoms with Crippen molar-refractivity contribution in [2.45, 2.75) is 43.7 Å². The third-order valence-corrected chi connectivity index (χ3v) is 4.59. The third kappa shape index (κ3) is 3.65. The van der Waals surface area contributed by atoms with Crippen LogP contribution in [0, 0.1) is 0 Å². The fourth-order valence-corrected chi connectivity index (χ4v) is 2.83. The molecule has 0 saturated heterocycles. The number of aliphatic carboxylic acids is 1. The molecule has 1 aromatic rings. The number of carboxylic acids is 1. The zero-order chi connectivity index (χ0) is 16.2. The minimum absolute atomic E-state index is 0.176. The highest BCUT2D eigenvalue weighted by Crippen LogP contribution is 2.38. The van der Waals surface area contributed by atoms with Crippen LogP contribution in [0.2, 0.25) is 0 Å². The molecule has 0 heterocycles. The van der Waals surface area contributed by atoms with E-state index in [1.54, 1.807) is 14.2 Å². The zero-order valence-electron chi connectivity index (χ0n) is 13.1. The van der Waals surface area contributed by atoms with Crippen molar-refractivity contribution < 1.29 is 19.4 Å². The van der Waals surface area contributed by atoms with Gasteiger partial charge in [0.2, 0.25) is 5.91 Å². The lowest BCUT2D eigenvalue weighted by Crippen LogP contribution is -2.49. The summed E-state index contributed by atoms with van der Waals surface area (Å²) in [5.74, 6) is -1.16. The summed E-state index contributed by atoms with van der Waals surface area (Å²) >= 11 is 0. The molecule has 0 radical (unpaired) electrons. The molecule has 1 atom stereocenters. The Morgan fingerprint density at radius 2 is 1.95 bits per heavy atom. The summed E-state index contributed by atoms with van der Waals surface area (Å²) in [6, 6.07) is 8.50. The van der Waals surface area contributed by atoms with E-state index in [1.165, 1.54) is 4.90 Å². The predicted molar refractivity (Wildman–Crippen MR) is 82.5 cm³/mol. The lowest BCUT2D eigenvalue weighted by Gasteiger charge is -2.41. The van der Waals surface area contributed by atoms with Crippen molar-refractivity contribution in [1.82, 2.24) is 4.90 Å². The van der Waals surface area contributed by atoms with Gasteiger partial charge in [-0.1, -0.05) is 30.3 Å². The minimum atomic E-state index is -0.986. The fourth-order valence-electron chi connectivity index (χ4n) is 2.83. The molecule has 1 saturated carbocycles. The van der Waals surface area contributed by atoms with Crippen molar-refractivity contribution in [3.05, 3.63) is 35.9 Å². The Balaban J connectivity index is 2.04. The van der Waals surface area contributed by atoms with Crippen LogP contribution in [-0.2, 0) is 20.7 Å². The number of methoxy groups -OCH3 is 1. The highest BCUT2D eigenvalue weighted by Gasteiger charge is 2.41. The van der Waals surface area contributed by atoms with E-state index in [2.05, 4.69) is 0 Å². The molecule has 1 fully saturated rings. The summed E-state index contributed by atoms with van der Waals surface area (Å²) < 4.78 is 5.46. The Morgan fingerprint density at radius 3 is 2.41 bits per heavy atom. The number of amides is 1. The first-order valence-electron chi connectivity index (χ1n) is 7.55. The lowest BCUT2D eigenvalue weighted by molar-refractivity contribution is -0.154. The molecule has 0 aliphatic heterocycles. The van der Waals surface area contributed by atoms with E-state index in [-0.39, 0.29) is 17.9 Å². The molecule has 22 heavy (non-hydrogen) atoms. The van der Waals surface area contributed by atoms with Crippen molar-refractivity contribution in [2.75, 3.05) is 14.2 Å². The second-order valence-electron chi connectivity index (χ2n) is 5.97. The number of carbonyl (C=O) groups excluding carboxylic acids is 1. The average Bonchev–Trinajstić information content (AvgIpc) is 2.48. The van der Waals surface area contributed by atoms with Crippen molar-refractivity contribution in [3.63, 3.8) is 0 Å². The van der Waals surface area contributed by atoms with Crippen LogP contribution in [-0.4, -0.2) is 47.7 Å². The largest absolute Gasteiger partial charge is 0.480 e. The van der Waals surface area contributed by atoms with Crippen molar-refractivity contribution >= 4 is 11.9 Å². The minimum Gasteiger partial charge on any atom is -0.480 e. The molecule has 0 bridgehead atoms. The summed E-state index contributed by atoms with van der Waals surface area (Å²) in [7, 11) is 3.18. The fraction of sp³-hybridized carbons (Fsp3) is 0.529. The van der Waals surface area contributed by atoms with Gasteiger partial charge in [0.1, 0.15) is 6.04 Å². The summed E-state index contributed by atoms with van der Waals surface area (Å²) in [5, 5.41) is 9.46. The summed E-state index contributed by atoms with van der Waals surface area (Å²) in [6.07, 6.45) is 3.33. The van der Waals surface area contributed by atoms with E-state index in [4.69, 9.17) is 4.74 Å². The maximum Gasteiger partial charge on any atom is 0.326 e. The van der Waals surface area contributed by atoms with Crippen LogP contribution < -0.4 is 0 Å². The summed E-state index contributed by atoms with van der Waals surface area (Å²) in [5.41, 5.74) is 0.515. The summed E-state index contributed by atoms with van der Waals surface area (Å²) in [4.78, 5) is 25.3. The second-order valence-corrected chi connectivity index (χ2v) is 5.97. The lowest BCUT2D eigenvalue weighted by atomic mass is 9.77. The second kappa shape index (κ2) is 6.92. The van der Waals surface area contributed by atoms with Crippen LogP contribution in [0.4, 0.5) is 0 Å². The zero-order valence-corrected chi connectivity index (χ0v) is 13.1. The molecule has 1 aromatic carbocycles. The molecule has 120 valence electrons. The van der Waals surface area contributed by atoms with Crippen molar-refractivity contribution in [2.24, 2.45) is 0 Å². The number of carboxylic acid groups (broad SMARTS) is 1. The molecule has 5 heteroatoms. The van der Waals surface area contributed by atoms with E-state index in [0.29, 0.717) is 6.42 Å². The normalized spacial score (nSPS) is 17.4. The van der Waals surface area contributed by atoms with Gasteiger partial charge in [-0.15, -0.1) is 0 Å². The first-order chi connectivity index (χ1) is 10.5. The van der Waals surface area contributed by atoms with Gasteiger partial charge in [0.25, 0.3) is 0 Å². The monoisotopic (exact) mass is 305 g/mol. The Labute approximate surface area is 130 Å². The highest BCUT2D eigenvalue weighted by atomic mass is 16.5. The Morgan fingerprint density at radius 1 is 1.32 bits per heavy atom. The van der Waals surface area contributed by atoms with E-state index in [9.17, 15) is 14.7 Å². The van der Waals surface area contributed by atoms with Crippen LogP contribution in [0.1, 0.15) is 31.2 Å². The van der Waals surface area contributed by atoms with Gasteiger partial charge in [-0.2, -0.15) is 0 Å². The number of rotatable bonds is 7. The SMILES string of the molecule is COC1(CC(=O)N(C)C(Cc2ccccc2)C(=O)O)CCC1. The van der Waals surface area contributed by atoms with Crippen LogP contribution >= 0.6 is 0 Å². The molecule has 2 rings (SSSR count). The first kappa shape index (κ1) is 16.5. The van der Waals surface area contributed by atoms with Gasteiger partial charge in [-0.25, -0.2) is 4.79 Å². The smallest absolute Gasteiger partial charge is 0.326 e. The standard InChI is InChI=1S/C17H23NO4/c1-18(15(19)12-17(22-2)9-6-10-17)14(16(20)21)11-13-7-4-3-5-8-13/h3-5,7-8,14H,6,9-12H2,1-2H3,(H,20,21). The van der Waals surface area contributed by atoms with E-state index < -0.39 is 12.0 Å². The maximum absolute atomic E-state index is 12.4. The highest BCUT2D eigenvalue weighted by molar-refractivity contribution is 5.84. The van der Waals surface area contributed by atoms with Gasteiger partial charge in [0.05, 0.1) is 12.0 Å². The molecule has 1 aliphatic carbocycles. The predicted octanol–water partition coefficient (Wildman–Crippen LogP) is 2.10. The Bertz CT molecular complexity index is 519. The molecule has 1 unspecified atom stereocenters. The van der Waals surface area contributed by atoms with Crippen molar-refractivity contribution in [1.29, 1.82) is 0 Å². The molecule has 0 spiro atoms. The number of nitrogens with zero attached hydrogens (tertiary/aromatic N) is 1. The number of benzene rings is 1. The first-order valence-corrected chi connectivity index (χ1v) is 7.55. The van der Waals surface area contributed by atoms with Crippen LogP contribution in [0.5, 0.6) is 0 Å². The number of hydrogen-bond acceptors (Lipinski definition) is 3. The van der Waals surface area contributed by atoms with Gasteiger partial charge in [-0.3, -0.25) is 4.79 Å². The number of ether oxygens (including phenoxy) is 1. The van der Waals surface area contributed by atoms with E-state index in [0.717, 1.165) is 24.8 Å². The Kier molecular flexibility index (Phi) is 5.19. The number of hydrogen-bond donors (Lipinski definition) is 1. The van der Waals surface area contributed by atoms with Gasteiger partial charge in [0, 0.05) is 20.6 Å². The van der Waals surface area contributed by atoms with Crippen molar-refractivity contribution in [3.8, 4) is 0 Å². The average molecular weight is 305 g/mol. The molecule has 1 aliphatic rings. The third-order valence-electron chi connectivity index (χ3n) is 4.59. The molecule has 1 amide bonds. The molecule has 1 N–H and O–H groups in total. The van der Waals surface area contributed by atoms with Crippen LogP contribution in [0.3, 0.4) is 0 Å². The quantitative estimate of drug-likeness (QED) is 0.837. The van der Waals surface area contributed by atoms with Gasteiger partial charge < -0.3 is 14.7 Å². The van der Waals surface area contributed by atoms with Gasteiger partial charge >= 0.3 is 5.97 Å². The van der Waals surface area contributed by atoms with E-state index in [1.807, 2.05) is 30.3 Å². The molecule has 5 nitrogen and oxygen atoms in total. The van der Waals surface area contributed by atoms with Gasteiger partial charge in [-0.05, 0) is 24.8 Å². The number of likely N-dealkylation sites (N-methyl/N-ethyl adjacent to an activating group) is 1. The number of carbonyl (C=O) groups is 2. The summed E-state index contributed by atoms with van der Waals surface area (Å²) in [6.45, 7) is 0. The maximum atomic E-state index is 12.4. The van der Waals surface area contributed by atoms with Crippen LogP contribution in [0.15, 0.2) is 30.3 Å².